The molecule has 0 spiro atoms. The maximum Gasteiger partial charge on any atom is 0.225 e. The monoisotopic (exact) mass is 514 g/mol. The smallest absolute Gasteiger partial charge is 0.225 e. The van der Waals surface area contributed by atoms with Crippen molar-refractivity contribution in [2.45, 2.75) is 58.4 Å². The standard InChI is InChI=1S/C29H30N4OS2/c1-18-5-7-19(8-6-18)24-12-9-20(16-30)27(32-24)35-14-13-26(34)33-28-23(17-31)22-11-10-21(29(2,3)4)15-25(22)36-28/h5-9,12,21H,10-11,13-15H2,1-4H3,(H,33,34). The molecule has 3 aromatic rings. The first-order valence-electron chi connectivity index (χ1n) is 12.1. The van der Waals surface area contributed by atoms with Gasteiger partial charge in [-0.1, -0.05) is 50.6 Å². The number of nitrogens with zero attached hydrogens (tertiary/aromatic N) is 3. The Bertz CT molecular complexity index is 1350. The van der Waals surface area contributed by atoms with Gasteiger partial charge in [-0.3, -0.25) is 4.79 Å². The predicted octanol–water partition coefficient (Wildman–Crippen LogP) is 7.13. The van der Waals surface area contributed by atoms with Crippen LogP contribution in [0.4, 0.5) is 5.00 Å². The second kappa shape index (κ2) is 10.9. The Kier molecular flexibility index (Phi) is 7.83. The van der Waals surface area contributed by atoms with Crippen molar-refractivity contribution in [2.75, 3.05) is 11.1 Å². The van der Waals surface area contributed by atoms with Crippen LogP contribution in [-0.4, -0.2) is 16.6 Å². The summed E-state index contributed by atoms with van der Waals surface area (Å²) >= 11 is 2.96. The van der Waals surface area contributed by atoms with E-state index in [-0.39, 0.29) is 17.7 Å². The van der Waals surface area contributed by atoms with E-state index < -0.39 is 0 Å². The van der Waals surface area contributed by atoms with E-state index in [0.717, 1.165) is 36.1 Å². The van der Waals surface area contributed by atoms with Crippen LogP contribution in [0.5, 0.6) is 0 Å². The lowest BCUT2D eigenvalue weighted by Gasteiger charge is -2.33. The molecule has 1 unspecified atom stereocenters. The minimum Gasteiger partial charge on any atom is -0.317 e. The molecule has 1 N–H and O–H groups in total. The van der Waals surface area contributed by atoms with Crippen LogP contribution in [0.2, 0.25) is 0 Å². The van der Waals surface area contributed by atoms with Crippen molar-refractivity contribution in [1.82, 2.24) is 4.98 Å². The third-order valence-corrected chi connectivity index (χ3v) is 8.91. The fourth-order valence-electron chi connectivity index (χ4n) is 4.48. The SMILES string of the molecule is Cc1ccc(-c2ccc(C#N)c(SCCC(=O)Nc3sc4c(c3C#N)CCC(C(C)(C)C)C4)n2)cc1. The van der Waals surface area contributed by atoms with Crippen LogP contribution in [0, 0.1) is 40.9 Å². The zero-order chi connectivity index (χ0) is 25.9. The highest BCUT2D eigenvalue weighted by Crippen LogP contribution is 2.44. The predicted molar refractivity (Wildman–Crippen MR) is 147 cm³/mol. The molecule has 0 radical (unpaired) electrons. The summed E-state index contributed by atoms with van der Waals surface area (Å²) in [5.74, 6) is 0.940. The summed E-state index contributed by atoms with van der Waals surface area (Å²) in [4.78, 5) is 18.7. The van der Waals surface area contributed by atoms with Gasteiger partial charge in [-0.15, -0.1) is 23.1 Å². The van der Waals surface area contributed by atoms with Crippen LogP contribution in [0.25, 0.3) is 11.3 Å². The summed E-state index contributed by atoms with van der Waals surface area (Å²) < 4.78 is 0. The molecule has 1 amide bonds. The van der Waals surface area contributed by atoms with Gasteiger partial charge in [-0.25, -0.2) is 4.98 Å². The molecule has 7 heteroatoms. The molecule has 184 valence electrons. The largest absolute Gasteiger partial charge is 0.317 e. The molecule has 0 saturated carbocycles. The maximum atomic E-state index is 12.8. The van der Waals surface area contributed by atoms with Gasteiger partial charge in [0.15, 0.2) is 0 Å². The summed E-state index contributed by atoms with van der Waals surface area (Å²) in [7, 11) is 0. The lowest BCUT2D eigenvalue weighted by atomic mass is 9.72. The van der Waals surface area contributed by atoms with Crippen molar-refractivity contribution in [1.29, 1.82) is 10.5 Å². The third kappa shape index (κ3) is 5.81. The molecule has 1 aromatic carbocycles. The zero-order valence-electron chi connectivity index (χ0n) is 21.1. The summed E-state index contributed by atoms with van der Waals surface area (Å²) in [6, 6.07) is 16.3. The quantitative estimate of drug-likeness (QED) is 0.353. The average molecular weight is 515 g/mol. The zero-order valence-corrected chi connectivity index (χ0v) is 22.8. The molecule has 0 bridgehead atoms. The minimum atomic E-state index is -0.127. The first kappa shape index (κ1) is 25.9. The van der Waals surface area contributed by atoms with Crippen LogP contribution < -0.4 is 5.32 Å². The normalized spacial score (nSPS) is 15.0. The summed E-state index contributed by atoms with van der Waals surface area (Å²) in [6.07, 6.45) is 3.19. The number of benzene rings is 1. The van der Waals surface area contributed by atoms with Gasteiger partial charge in [0.05, 0.1) is 16.8 Å². The first-order valence-corrected chi connectivity index (χ1v) is 13.9. The summed E-state index contributed by atoms with van der Waals surface area (Å²) in [5.41, 5.74) is 5.44. The number of carbonyl (C=O) groups is 1. The first-order chi connectivity index (χ1) is 17.2. The second-order valence-electron chi connectivity index (χ2n) is 10.3. The molecule has 0 fully saturated rings. The number of anilines is 1. The molecule has 0 saturated heterocycles. The van der Waals surface area contributed by atoms with Crippen molar-refractivity contribution in [2.24, 2.45) is 11.3 Å². The van der Waals surface area contributed by atoms with E-state index in [4.69, 9.17) is 4.98 Å². The van der Waals surface area contributed by atoms with E-state index >= 15 is 0 Å². The third-order valence-electron chi connectivity index (χ3n) is 6.75. The van der Waals surface area contributed by atoms with Crippen molar-refractivity contribution in [3.8, 4) is 23.4 Å². The number of nitrogens with one attached hydrogen (secondary N) is 1. The molecule has 4 rings (SSSR count). The highest BCUT2D eigenvalue weighted by Gasteiger charge is 2.32. The molecule has 36 heavy (non-hydrogen) atoms. The van der Waals surface area contributed by atoms with E-state index in [1.165, 1.54) is 22.2 Å². The molecule has 1 atom stereocenters. The summed E-state index contributed by atoms with van der Waals surface area (Å²) in [6.45, 7) is 8.84. The number of aryl methyl sites for hydroxylation is 1. The van der Waals surface area contributed by atoms with Gasteiger partial charge in [0.1, 0.15) is 22.2 Å². The molecule has 2 aromatic heterocycles. The lowest BCUT2D eigenvalue weighted by molar-refractivity contribution is -0.115. The number of nitriles is 2. The lowest BCUT2D eigenvalue weighted by Crippen LogP contribution is -2.26. The van der Waals surface area contributed by atoms with Crippen molar-refractivity contribution < 1.29 is 4.79 Å². The van der Waals surface area contributed by atoms with Gasteiger partial charge in [0.2, 0.25) is 5.91 Å². The fraction of sp³-hybridized carbons (Fsp3) is 0.379. The number of thioether (sulfide) groups is 1. The van der Waals surface area contributed by atoms with E-state index in [2.05, 4.69) is 38.2 Å². The molecular formula is C29H30N4OS2. The molecular weight excluding hydrogens is 484 g/mol. The number of hydrogen-bond acceptors (Lipinski definition) is 6. The Morgan fingerprint density at radius 3 is 2.58 bits per heavy atom. The molecule has 1 aliphatic rings. The number of amides is 1. The van der Waals surface area contributed by atoms with E-state index in [9.17, 15) is 15.3 Å². The number of aromatic nitrogens is 1. The van der Waals surface area contributed by atoms with Crippen LogP contribution in [0.1, 0.15) is 60.7 Å². The Hall–Kier alpha value is -3.13. The average Bonchev–Trinajstić information content (AvgIpc) is 3.20. The van der Waals surface area contributed by atoms with Crippen molar-refractivity contribution in [3.63, 3.8) is 0 Å². The molecule has 5 nitrogen and oxygen atoms in total. The van der Waals surface area contributed by atoms with Gasteiger partial charge >= 0.3 is 0 Å². The maximum absolute atomic E-state index is 12.8. The number of pyridine rings is 1. The van der Waals surface area contributed by atoms with Crippen LogP contribution >= 0.6 is 23.1 Å². The Morgan fingerprint density at radius 1 is 1.17 bits per heavy atom. The topological polar surface area (TPSA) is 89.6 Å². The van der Waals surface area contributed by atoms with Crippen LogP contribution in [0.3, 0.4) is 0 Å². The van der Waals surface area contributed by atoms with E-state index in [1.807, 2.05) is 37.3 Å². The number of thiophene rings is 1. The second-order valence-corrected chi connectivity index (χ2v) is 12.5. The van der Waals surface area contributed by atoms with Gasteiger partial charge in [-0.2, -0.15) is 10.5 Å². The number of carbonyl (C=O) groups excluding carboxylic acids is 1. The van der Waals surface area contributed by atoms with Gasteiger partial charge in [-0.05, 0) is 55.2 Å². The number of hydrogen-bond donors (Lipinski definition) is 1. The fourth-order valence-corrected chi connectivity index (χ4v) is 6.69. The van der Waals surface area contributed by atoms with Crippen LogP contribution in [-0.2, 0) is 17.6 Å². The molecule has 2 heterocycles. The van der Waals surface area contributed by atoms with Crippen LogP contribution in [0.15, 0.2) is 41.4 Å². The van der Waals surface area contributed by atoms with Gasteiger partial charge in [0.25, 0.3) is 0 Å². The molecule has 1 aliphatic carbocycles. The Morgan fingerprint density at radius 2 is 1.92 bits per heavy atom. The Labute approximate surface area is 221 Å². The number of rotatable bonds is 6. The highest BCUT2D eigenvalue weighted by atomic mass is 32.2. The summed E-state index contributed by atoms with van der Waals surface area (Å²) in [5, 5.41) is 23.6. The van der Waals surface area contributed by atoms with Crippen molar-refractivity contribution >= 4 is 34.0 Å². The molecule has 0 aliphatic heterocycles. The Balaban J connectivity index is 1.41. The van der Waals surface area contributed by atoms with Crippen molar-refractivity contribution in [3.05, 3.63) is 63.5 Å². The van der Waals surface area contributed by atoms with E-state index in [0.29, 0.717) is 32.8 Å². The van der Waals surface area contributed by atoms with Gasteiger partial charge in [0, 0.05) is 22.6 Å². The van der Waals surface area contributed by atoms with E-state index in [1.54, 1.807) is 17.4 Å². The highest BCUT2D eigenvalue weighted by molar-refractivity contribution is 7.99. The number of fused-ring (bicyclic) bond motifs is 1. The minimum absolute atomic E-state index is 0.127. The van der Waals surface area contributed by atoms with Gasteiger partial charge < -0.3 is 5.32 Å².